The van der Waals surface area contributed by atoms with Crippen LogP contribution in [0.1, 0.15) is 52.4 Å². The molecule has 0 aliphatic carbocycles. The summed E-state index contributed by atoms with van der Waals surface area (Å²) in [6.07, 6.45) is 4.88. The Balaban J connectivity index is 2.44. The van der Waals surface area contributed by atoms with Gasteiger partial charge in [-0.05, 0) is 26.2 Å². The van der Waals surface area contributed by atoms with Crippen molar-refractivity contribution in [2.24, 2.45) is 0 Å². The molecule has 0 aromatic heterocycles. The number of carbonyl (C=O) groups excluding carboxylic acids is 2. The fraction of sp³-hybridized carbons (Fsp3) is 0.867. The SMILES string of the molecule is CCCCC(=O)N(CCC(=O)OCC)CC1CCCO1. The maximum atomic E-state index is 12.2. The van der Waals surface area contributed by atoms with E-state index in [2.05, 4.69) is 6.92 Å². The molecule has 20 heavy (non-hydrogen) atoms. The summed E-state index contributed by atoms with van der Waals surface area (Å²) in [7, 11) is 0. The summed E-state index contributed by atoms with van der Waals surface area (Å²) < 4.78 is 10.5. The molecule has 0 radical (unpaired) electrons. The number of nitrogens with zero attached hydrogens (tertiary/aromatic N) is 1. The van der Waals surface area contributed by atoms with Gasteiger partial charge in [0, 0.05) is 26.1 Å². The Bertz CT molecular complexity index is 300. The zero-order valence-electron chi connectivity index (χ0n) is 12.7. The molecular weight excluding hydrogens is 258 g/mol. The van der Waals surface area contributed by atoms with Crippen LogP contribution in [0.15, 0.2) is 0 Å². The van der Waals surface area contributed by atoms with Gasteiger partial charge in [-0.15, -0.1) is 0 Å². The molecule has 0 N–H and O–H groups in total. The van der Waals surface area contributed by atoms with Crippen LogP contribution in [0, 0.1) is 0 Å². The first-order chi connectivity index (χ1) is 9.67. The quantitative estimate of drug-likeness (QED) is 0.609. The number of carbonyl (C=O) groups is 2. The van der Waals surface area contributed by atoms with Crippen LogP contribution in [0.3, 0.4) is 0 Å². The van der Waals surface area contributed by atoms with Gasteiger partial charge in [-0.25, -0.2) is 0 Å². The van der Waals surface area contributed by atoms with Crippen molar-refractivity contribution in [3.63, 3.8) is 0 Å². The normalized spacial score (nSPS) is 18.0. The lowest BCUT2D eigenvalue weighted by atomic mass is 10.2. The molecule has 1 amide bonds. The van der Waals surface area contributed by atoms with Crippen molar-refractivity contribution in [3.05, 3.63) is 0 Å². The molecule has 0 aromatic carbocycles. The van der Waals surface area contributed by atoms with Crippen LogP contribution in [-0.4, -0.2) is 49.2 Å². The minimum Gasteiger partial charge on any atom is -0.466 e. The highest BCUT2D eigenvalue weighted by Gasteiger charge is 2.22. The highest BCUT2D eigenvalue weighted by molar-refractivity contribution is 5.77. The maximum absolute atomic E-state index is 12.2. The molecule has 0 bridgehead atoms. The third kappa shape index (κ3) is 6.37. The van der Waals surface area contributed by atoms with Crippen LogP contribution in [0.2, 0.25) is 0 Å². The van der Waals surface area contributed by atoms with Gasteiger partial charge in [-0.3, -0.25) is 9.59 Å². The average molecular weight is 285 g/mol. The summed E-state index contributed by atoms with van der Waals surface area (Å²) in [4.78, 5) is 25.4. The van der Waals surface area contributed by atoms with Gasteiger partial charge in [0.25, 0.3) is 0 Å². The standard InChI is InChI=1S/C15H27NO4/c1-3-5-8-14(17)16(10-9-15(18)19-4-2)12-13-7-6-11-20-13/h13H,3-12H2,1-2H3. The van der Waals surface area contributed by atoms with Gasteiger partial charge in [0.15, 0.2) is 0 Å². The number of hydrogen-bond acceptors (Lipinski definition) is 4. The lowest BCUT2D eigenvalue weighted by molar-refractivity contribution is -0.144. The third-order valence-corrected chi connectivity index (χ3v) is 3.44. The predicted molar refractivity (Wildman–Crippen MR) is 76.3 cm³/mol. The van der Waals surface area contributed by atoms with Gasteiger partial charge in [-0.2, -0.15) is 0 Å². The predicted octanol–water partition coefficient (Wildman–Crippen LogP) is 2.14. The first-order valence-electron chi connectivity index (χ1n) is 7.72. The summed E-state index contributed by atoms with van der Waals surface area (Å²) in [6, 6.07) is 0. The molecule has 116 valence electrons. The molecule has 1 aliphatic heterocycles. The first kappa shape index (κ1) is 17.0. The number of ether oxygens (including phenoxy) is 2. The van der Waals surface area contributed by atoms with Gasteiger partial charge in [0.1, 0.15) is 0 Å². The molecule has 0 aromatic rings. The van der Waals surface area contributed by atoms with E-state index < -0.39 is 0 Å². The molecule has 0 saturated carbocycles. The Morgan fingerprint density at radius 3 is 2.70 bits per heavy atom. The van der Waals surface area contributed by atoms with Crippen molar-refractivity contribution in [2.45, 2.75) is 58.5 Å². The van der Waals surface area contributed by atoms with Crippen LogP contribution in [0.5, 0.6) is 0 Å². The molecule has 1 heterocycles. The molecule has 5 nitrogen and oxygen atoms in total. The van der Waals surface area contributed by atoms with E-state index in [1.165, 1.54) is 0 Å². The number of esters is 1. The molecule has 1 rings (SSSR count). The summed E-state index contributed by atoms with van der Waals surface area (Å²) in [5.41, 5.74) is 0. The average Bonchev–Trinajstić information content (AvgIpc) is 2.94. The van der Waals surface area contributed by atoms with Gasteiger partial charge >= 0.3 is 5.97 Å². The molecule has 1 aliphatic rings. The van der Waals surface area contributed by atoms with Crippen molar-refractivity contribution in [1.29, 1.82) is 0 Å². The zero-order chi connectivity index (χ0) is 14.8. The molecule has 1 saturated heterocycles. The van der Waals surface area contributed by atoms with Gasteiger partial charge in [0.2, 0.25) is 5.91 Å². The lowest BCUT2D eigenvalue weighted by Gasteiger charge is -2.25. The van der Waals surface area contributed by atoms with E-state index in [0.717, 1.165) is 32.3 Å². The molecule has 1 atom stereocenters. The van der Waals surface area contributed by atoms with E-state index >= 15 is 0 Å². The maximum Gasteiger partial charge on any atom is 0.307 e. The van der Waals surface area contributed by atoms with Crippen LogP contribution in [0.4, 0.5) is 0 Å². The highest BCUT2D eigenvalue weighted by Crippen LogP contribution is 2.14. The summed E-state index contributed by atoms with van der Waals surface area (Å²) in [5, 5.41) is 0. The third-order valence-electron chi connectivity index (χ3n) is 3.44. The fourth-order valence-corrected chi connectivity index (χ4v) is 2.30. The minimum absolute atomic E-state index is 0.117. The zero-order valence-corrected chi connectivity index (χ0v) is 12.7. The van der Waals surface area contributed by atoms with Crippen LogP contribution >= 0.6 is 0 Å². The highest BCUT2D eigenvalue weighted by atomic mass is 16.5. The number of amides is 1. The van der Waals surface area contributed by atoms with Crippen molar-refractivity contribution in [3.8, 4) is 0 Å². The van der Waals surface area contributed by atoms with Crippen molar-refractivity contribution in [2.75, 3.05) is 26.3 Å². The fourth-order valence-electron chi connectivity index (χ4n) is 2.30. The van der Waals surface area contributed by atoms with Crippen LogP contribution < -0.4 is 0 Å². The second-order valence-electron chi connectivity index (χ2n) is 5.13. The molecule has 1 unspecified atom stereocenters. The monoisotopic (exact) mass is 285 g/mol. The number of rotatable bonds is 9. The molecule has 5 heteroatoms. The Hall–Kier alpha value is -1.10. The van der Waals surface area contributed by atoms with Crippen molar-refractivity contribution in [1.82, 2.24) is 4.90 Å². The van der Waals surface area contributed by atoms with E-state index in [9.17, 15) is 9.59 Å². The topological polar surface area (TPSA) is 55.8 Å². The summed E-state index contributed by atoms with van der Waals surface area (Å²) in [5.74, 6) is -0.125. The van der Waals surface area contributed by atoms with E-state index in [4.69, 9.17) is 9.47 Å². The van der Waals surface area contributed by atoms with E-state index in [1.807, 2.05) is 0 Å². The van der Waals surface area contributed by atoms with Crippen LogP contribution in [-0.2, 0) is 19.1 Å². The second kappa shape index (κ2) is 9.75. The Labute approximate surface area is 121 Å². The largest absolute Gasteiger partial charge is 0.466 e. The molecule has 1 fully saturated rings. The summed E-state index contributed by atoms with van der Waals surface area (Å²) >= 11 is 0. The number of hydrogen-bond donors (Lipinski definition) is 0. The van der Waals surface area contributed by atoms with Gasteiger partial charge in [-0.1, -0.05) is 13.3 Å². The smallest absolute Gasteiger partial charge is 0.307 e. The lowest BCUT2D eigenvalue weighted by Crippen LogP contribution is -2.38. The van der Waals surface area contributed by atoms with Crippen molar-refractivity contribution < 1.29 is 19.1 Å². The van der Waals surface area contributed by atoms with E-state index in [1.54, 1.807) is 11.8 Å². The second-order valence-corrected chi connectivity index (χ2v) is 5.13. The first-order valence-corrected chi connectivity index (χ1v) is 7.72. The summed E-state index contributed by atoms with van der Waals surface area (Å²) in [6.45, 7) is 6.04. The van der Waals surface area contributed by atoms with E-state index in [0.29, 0.717) is 26.1 Å². The Morgan fingerprint density at radius 1 is 1.30 bits per heavy atom. The van der Waals surface area contributed by atoms with Crippen LogP contribution in [0.25, 0.3) is 0 Å². The molecular formula is C15H27NO4. The Morgan fingerprint density at radius 2 is 2.10 bits per heavy atom. The number of unbranched alkanes of at least 4 members (excludes halogenated alkanes) is 1. The molecule has 0 spiro atoms. The minimum atomic E-state index is -0.242. The van der Waals surface area contributed by atoms with Gasteiger partial charge in [0.05, 0.1) is 19.1 Å². The Kier molecular flexibility index (Phi) is 8.26. The van der Waals surface area contributed by atoms with Gasteiger partial charge < -0.3 is 14.4 Å². The van der Waals surface area contributed by atoms with E-state index in [-0.39, 0.29) is 24.4 Å². The van der Waals surface area contributed by atoms with Crippen molar-refractivity contribution >= 4 is 11.9 Å².